The molecule has 2 aromatic heterocycles. The summed E-state index contributed by atoms with van der Waals surface area (Å²) in [6.07, 6.45) is 0. The van der Waals surface area contributed by atoms with Crippen molar-refractivity contribution in [1.29, 1.82) is 0 Å². The van der Waals surface area contributed by atoms with Crippen molar-refractivity contribution >= 4 is 23.1 Å². The van der Waals surface area contributed by atoms with Crippen LogP contribution in [-0.2, 0) is 0 Å². The first-order valence-corrected chi connectivity index (χ1v) is 8.79. The highest BCUT2D eigenvalue weighted by Crippen LogP contribution is 2.26. The van der Waals surface area contributed by atoms with Crippen LogP contribution in [0, 0.1) is 13.8 Å². The fraction of sp³-hybridized carbons (Fsp3) is 0.250. The molecule has 0 bridgehead atoms. The number of benzene rings is 1. The highest BCUT2D eigenvalue weighted by atomic mass is 32.2. The molecular weight excluding hydrogens is 316 g/mol. The minimum Gasteiger partial charge on any atom is -0.492 e. The van der Waals surface area contributed by atoms with Crippen molar-refractivity contribution in [3.8, 4) is 16.5 Å². The summed E-state index contributed by atoms with van der Waals surface area (Å²) in [5, 5.41) is 10.7. The summed E-state index contributed by atoms with van der Waals surface area (Å²) in [5.74, 6) is 2.28. The molecule has 2 heterocycles. The molecular formula is C16H16N2O2S2. The van der Waals surface area contributed by atoms with Crippen LogP contribution in [0.5, 0.6) is 5.75 Å². The van der Waals surface area contributed by atoms with Crippen LogP contribution in [0.4, 0.5) is 0 Å². The molecule has 6 heteroatoms. The molecule has 3 rings (SSSR count). The molecule has 0 aliphatic rings. The van der Waals surface area contributed by atoms with Gasteiger partial charge in [-0.2, -0.15) is 0 Å². The van der Waals surface area contributed by atoms with Crippen LogP contribution in [0.1, 0.15) is 11.1 Å². The zero-order valence-corrected chi connectivity index (χ0v) is 14.0. The van der Waals surface area contributed by atoms with E-state index in [0.29, 0.717) is 17.7 Å². The third kappa shape index (κ3) is 3.69. The normalized spacial score (nSPS) is 10.8. The van der Waals surface area contributed by atoms with Crippen molar-refractivity contribution in [2.45, 2.75) is 19.1 Å². The fourth-order valence-corrected chi connectivity index (χ4v) is 3.13. The number of aromatic nitrogens is 2. The second-order valence-electron chi connectivity index (χ2n) is 4.82. The van der Waals surface area contributed by atoms with Crippen LogP contribution in [0.25, 0.3) is 10.8 Å². The van der Waals surface area contributed by atoms with Crippen molar-refractivity contribution in [2.75, 3.05) is 12.4 Å². The van der Waals surface area contributed by atoms with Gasteiger partial charge in [-0.05, 0) is 42.5 Å². The molecule has 0 radical (unpaired) electrons. The molecule has 0 spiro atoms. The molecule has 0 fully saturated rings. The molecule has 0 saturated heterocycles. The maximum absolute atomic E-state index is 5.81. The molecule has 0 amide bonds. The second-order valence-corrected chi connectivity index (χ2v) is 6.81. The lowest BCUT2D eigenvalue weighted by Gasteiger charge is -2.08. The van der Waals surface area contributed by atoms with E-state index in [9.17, 15) is 0 Å². The Morgan fingerprint density at radius 2 is 2.14 bits per heavy atom. The topological polar surface area (TPSA) is 48.2 Å². The third-order valence-corrected chi connectivity index (χ3v) is 4.69. The number of hydrogen-bond acceptors (Lipinski definition) is 6. The number of nitrogens with zero attached hydrogens (tertiary/aromatic N) is 2. The van der Waals surface area contributed by atoms with Gasteiger partial charge in [0.05, 0.1) is 11.5 Å². The van der Waals surface area contributed by atoms with Gasteiger partial charge in [0.15, 0.2) is 0 Å². The average molecular weight is 332 g/mol. The van der Waals surface area contributed by atoms with Crippen molar-refractivity contribution < 1.29 is 9.15 Å². The van der Waals surface area contributed by atoms with Gasteiger partial charge in [-0.15, -0.1) is 21.5 Å². The van der Waals surface area contributed by atoms with Gasteiger partial charge >= 0.3 is 0 Å². The summed E-state index contributed by atoms with van der Waals surface area (Å²) in [6.45, 7) is 4.71. The van der Waals surface area contributed by atoms with E-state index < -0.39 is 0 Å². The smallest absolute Gasteiger partial charge is 0.277 e. The van der Waals surface area contributed by atoms with Gasteiger partial charge in [0.1, 0.15) is 5.75 Å². The molecule has 0 atom stereocenters. The van der Waals surface area contributed by atoms with Crippen LogP contribution in [0.3, 0.4) is 0 Å². The molecule has 0 N–H and O–H groups in total. The standard InChI is InChI=1S/C16H16N2O2S2/c1-11-5-6-12(2)13(10-11)19-7-9-22-16-18-17-15(20-16)14-4-3-8-21-14/h3-6,8,10H,7,9H2,1-2H3. The molecule has 0 aliphatic heterocycles. The highest BCUT2D eigenvalue weighted by molar-refractivity contribution is 7.99. The van der Waals surface area contributed by atoms with Crippen molar-refractivity contribution in [1.82, 2.24) is 10.2 Å². The lowest BCUT2D eigenvalue weighted by molar-refractivity contribution is 0.340. The molecule has 1 aromatic carbocycles. The maximum Gasteiger partial charge on any atom is 0.277 e. The van der Waals surface area contributed by atoms with Gasteiger partial charge in [0.2, 0.25) is 0 Å². The molecule has 0 aliphatic carbocycles. The summed E-state index contributed by atoms with van der Waals surface area (Å²) >= 11 is 3.09. The zero-order valence-electron chi connectivity index (χ0n) is 12.4. The maximum atomic E-state index is 5.81. The predicted molar refractivity (Wildman–Crippen MR) is 89.7 cm³/mol. The minimum atomic E-state index is 0.577. The fourth-order valence-electron chi connectivity index (χ4n) is 1.91. The Hall–Kier alpha value is -1.79. The zero-order chi connectivity index (χ0) is 15.4. The van der Waals surface area contributed by atoms with Crippen LogP contribution >= 0.6 is 23.1 Å². The van der Waals surface area contributed by atoms with Crippen molar-refractivity contribution in [3.63, 3.8) is 0 Å². The van der Waals surface area contributed by atoms with Gasteiger partial charge in [0.25, 0.3) is 11.1 Å². The van der Waals surface area contributed by atoms with Gasteiger partial charge in [-0.3, -0.25) is 0 Å². The molecule has 3 aromatic rings. The summed E-state index contributed by atoms with van der Waals surface area (Å²) in [4.78, 5) is 0.992. The first-order chi connectivity index (χ1) is 10.7. The Balaban J connectivity index is 1.50. The van der Waals surface area contributed by atoms with Crippen LogP contribution < -0.4 is 4.74 Å². The Morgan fingerprint density at radius 3 is 2.95 bits per heavy atom. The average Bonchev–Trinajstić information content (AvgIpc) is 3.17. The number of ether oxygens (including phenoxy) is 1. The molecule has 4 nitrogen and oxygen atoms in total. The summed E-state index contributed by atoms with van der Waals surface area (Å²) in [7, 11) is 0. The number of aryl methyl sites for hydroxylation is 2. The lowest BCUT2D eigenvalue weighted by Crippen LogP contribution is -2.01. The third-order valence-electron chi connectivity index (χ3n) is 3.05. The quantitative estimate of drug-likeness (QED) is 0.488. The molecule has 114 valence electrons. The molecule has 0 saturated carbocycles. The lowest BCUT2D eigenvalue weighted by atomic mass is 10.1. The number of hydrogen-bond donors (Lipinski definition) is 0. The molecule has 0 unspecified atom stereocenters. The largest absolute Gasteiger partial charge is 0.492 e. The number of rotatable bonds is 6. The van der Waals surface area contributed by atoms with Crippen LogP contribution in [-0.4, -0.2) is 22.6 Å². The van der Waals surface area contributed by atoms with E-state index >= 15 is 0 Å². The Morgan fingerprint density at radius 1 is 1.23 bits per heavy atom. The Labute approximate surface area is 137 Å². The monoisotopic (exact) mass is 332 g/mol. The predicted octanol–water partition coefficient (Wildman–Crippen LogP) is 4.59. The van der Waals surface area contributed by atoms with Crippen LogP contribution in [0.2, 0.25) is 0 Å². The van der Waals surface area contributed by atoms with E-state index in [1.807, 2.05) is 24.4 Å². The SMILES string of the molecule is Cc1ccc(C)c(OCCSc2nnc(-c3cccs3)o2)c1. The minimum absolute atomic E-state index is 0.577. The summed E-state index contributed by atoms with van der Waals surface area (Å²) in [6, 6.07) is 10.2. The van der Waals surface area contributed by atoms with Crippen molar-refractivity contribution in [2.24, 2.45) is 0 Å². The summed E-state index contributed by atoms with van der Waals surface area (Å²) < 4.78 is 11.4. The summed E-state index contributed by atoms with van der Waals surface area (Å²) in [5.41, 5.74) is 2.35. The highest BCUT2D eigenvalue weighted by Gasteiger charge is 2.09. The second kappa shape index (κ2) is 6.98. The van der Waals surface area contributed by atoms with Crippen LogP contribution in [0.15, 0.2) is 45.4 Å². The number of thiophene rings is 1. The first kappa shape index (κ1) is 15.1. The van der Waals surface area contributed by atoms with E-state index in [4.69, 9.17) is 9.15 Å². The van der Waals surface area contributed by atoms with E-state index in [0.717, 1.165) is 21.9 Å². The Kier molecular flexibility index (Phi) is 4.80. The van der Waals surface area contributed by atoms with E-state index in [1.54, 1.807) is 11.3 Å². The van der Waals surface area contributed by atoms with E-state index in [2.05, 4.69) is 35.3 Å². The van der Waals surface area contributed by atoms with Gasteiger partial charge in [-0.1, -0.05) is 30.0 Å². The van der Waals surface area contributed by atoms with Gasteiger partial charge in [0, 0.05) is 5.75 Å². The van der Waals surface area contributed by atoms with Crippen molar-refractivity contribution in [3.05, 3.63) is 46.8 Å². The number of thioether (sulfide) groups is 1. The first-order valence-electron chi connectivity index (χ1n) is 6.92. The van der Waals surface area contributed by atoms with Gasteiger partial charge in [-0.25, -0.2) is 0 Å². The molecule has 22 heavy (non-hydrogen) atoms. The van der Waals surface area contributed by atoms with Gasteiger partial charge < -0.3 is 9.15 Å². The Bertz CT molecular complexity index is 738. The van der Waals surface area contributed by atoms with E-state index in [-0.39, 0.29) is 0 Å². The van der Waals surface area contributed by atoms with E-state index in [1.165, 1.54) is 17.3 Å².